The molecule has 0 bridgehead atoms. The van der Waals surface area contributed by atoms with Crippen molar-refractivity contribution in [2.45, 2.75) is 13.5 Å². The molecular formula is C16H15NO4. The van der Waals surface area contributed by atoms with E-state index in [9.17, 15) is 9.59 Å². The average Bonchev–Trinajstić information content (AvgIpc) is 2.46. The maximum atomic E-state index is 11.2. The van der Waals surface area contributed by atoms with E-state index in [1.54, 1.807) is 43.3 Å². The number of carbonyl (C=O) groups is 2. The second-order valence-corrected chi connectivity index (χ2v) is 4.61. The number of carboxylic acids is 1. The molecule has 1 amide bonds. The molecule has 0 radical (unpaired) electrons. The summed E-state index contributed by atoms with van der Waals surface area (Å²) in [7, 11) is 0. The third-order valence-electron chi connectivity index (χ3n) is 3.06. The number of benzene rings is 2. The second kappa shape index (κ2) is 6.09. The summed E-state index contributed by atoms with van der Waals surface area (Å²) < 4.78 is 5.62. The summed E-state index contributed by atoms with van der Waals surface area (Å²) >= 11 is 0. The van der Waals surface area contributed by atoms with Gasteiger partial charge in [0.1, 0.15) is 17.9 Å². The highest BCUT2D eigenvalue weighted by atomic mass is 16.5. The van der Waals surface area contributed by atoms with Gasteiger partial charge in [0.15, 0.2) is 0 Å². The maximum absolute atomic E-state index is 11.2. The molecular weight excluding hydrogens is 270 g/mol. The van der Waals surface area contributed by atoms with Crippen LogP contribution in [0.3, 0.4) is 0 Å². The van der Waals surface area contributed by atoms with Crippen LogP contribution in [-0.4, -0.2) is 17.0 Å². The van der Waals surface area contributed by atoms with E-state index in [1.807, 2.05) is 0 Å². The van der Waals surface area contributed by atoms with Gasteiger partial charge >= 0.3 is 5.97 Å². The number of amides is 1. The first kappa shape index (κ1) is 14.6. The van der Waals surface area contributed by atoms with Crippen molar-refractivity contribution in [3.63, 3.8) is 0 Å². The Morgan fingerprint density at radius 3 is 2.38 bits per heavy atom. The number of primary amides is 1. The van der Waals surface area contributed by atoms with E-state index in [0.717, 1.165) is 11.1 Å². The fourth-order valence-corrected chi connectivity index (χ4v) is 1.93. The fraction of sp³-hybridized carbons (Fsp3) is 0.125. The fourth-order valence-electron chi connectivity index (χ4n) is 1.93. The lowest BCUT2D eigenvalue weighted by Gasteiger charge is -2.12. The minimum absolute atomic E-state index is 0.128. The van der Waals surface area contributed by atoms with Crippen LogP contribution in [0.5, 0.6) is 5.75 Å². The van der Waals surface area contributed by atoms with Gasteiger partial charge < -0.3 is 15.6 Å². The average molecular weight is 285 g/mol. The standard InChI is InChI=1S/C16H15NO4/c1-10-3-2-4-13(16(19)20)14(10)21-9-11-5-7-12(8-6-11)15(17)18/h2-8H,9H2,1H3,(H2,17,18)(H,19,20). The van der Waals surface area contributed by atoms with E-state index in [2.05, 4.69) is 0 Å². The van der Waals surface area contributed by atoms with Crippen LogP contribution >= 0.6 is 0 Å². The van der Waals surface area contributed by atoms with Gasteiger partial charge in [-0.1, -0.05) is 24.3 Å². The molecule has 0 saturated carbocycles. The van der Waals surface area contributed by atoms with Crippen LogP contribution in [-0.2, 0) is 6.61 Å². The molecule has 2 aromatic carbocycles. The van der Waals surface area contributed by atoms with Gasteiger partial charge in [-0.05, 0) is 36.2 Å². The Bertz CT molecular complexity index is 677. The third-order valence-corrected chi connectivity index (χ3v) is 3.06. The van der Waals surface area contributed by atoms with Gasteiger partial charge in [-0.25, -0.2) is 4.79 Å². The van der Waals surface area contributed by atoms with Crippen molar-refractivity contribution >= 4 is 11.9 Å². The smallest absolute Gasteiger partial charge is 0.339 e. The number of carboxylic acid groups (broad SMARTS) is 1. The quantitative estimate of drug-likeness (QED) is 0.882. The van der Waals surface area contributed by atoms with Crippen molar-refractivity contribution in [1.82, 2.24) is 0 Å². The molecule has 2 aromatic rings. The number of rotatable bonds is 5. The first-order valence-electron chi connectivity index (χ1n) is 6.33. The number of aryl methyl sites for hydroxylation is 1. The van der Waals surface area contributed by atoms with Gasteiger partial charge in [-0.3, -0.25) is 4.79 Å². The minimum Gasteiger partial charge on any atom is -0.488 e. The summed E-state index contributed by atoms with van der Waals surface area (Å²) in [4.78, 5) is 22.2. The summed E-state index contributed by atoms with van der Waals surface area (Å²) in [6.45, 7) is 2.00. The zero-order valence-corrected chi connectivity index (χ0v) is 11.5. The Balaban J connectivity index is 2.16. The molecule has 0 aromatic heterocycles. The number of hydrogen-bond donors (Lipinski definition) is 2. The van der Waals surface area contributed by atoms with Crippen LogP contribution in [0.15, 0.2) is 42.5 Å². The lowest BCUT2D eigenvalue weighted by molar-refractivity contribution is 0.0691. The molecule has 0 aliphatic carbocycles. The first-order chi connectivity index (χ1) is 9.99. The molecule has 0 spiro atoms. The van der Waals surface area contributed by atoms with E-state index in [1.165, 1.54) is 6.07 Å². The van der Waals surface area contributed by atoms with Crippen molar-refractivity contribution in [3.05, 3.63) is 64.7 Å². The van der Waals surface area contributed by atoms with Gasteiger partial charge in [0, 0.05) is 5.56 Å². The van der Waals surface area contributed by atoms with Crippen molar-refractivity contribution in [2.75, 3.05) is 0 Å². The van der Waals surface area contributed by atoms with Crippen LogP contribution in [0, 0.1) is 6.92 Å². The molecule has 5 heteroatoms. The van der Waals surface area contributed by atoms with Gasteiger partial charge in [0.05, 0.1) is 0 Å². The number of hydrogen-bond acceptors (Lipinski definition) is 3. The monoisotopic (exact) mass is 285 g/mol. The van der Waals surface area contributed by atoms with E-state index in [4.69, 9.17) is 15.6 Å². The van der Waals surface area contributed by atoms with Gasteiger partial charge in [-0.2, -0.15) is 0 Å². The number of ether oxygens (including phenoxy) is 1. The molecule has 5 nitrogen and oxygen atoms in total. The Hall–Kier alpha value is -2.82. The summed E-state index contributed by atoms with van der Waals surface area (Å²) in [5, 5.41) is 9.15. The zero-order valence-electron chi connectivity index (χ0n) is 11.5. The Morgan fingerprint density at radius 2 is 1.81 bits per heavy atom. The molecule has 2 rings (SSSR count). The predicted octanol–water partition coefficient (Wildman–Crippen LogP) is 2.37. The number of nitrogens with two attached hydrogens (primary N) is 1. The van der Waals surface area contributed by atoms with Gasteiger partial charge in [0.2, 0.25) is 5.91 Å². The van der Waals surface area contributed by atoms with E-state index < -0.39 is 11.9 Å². The van der Waals surface area contributed by atoms with Crippen LogP contribution in [0.1, 0.15) is 31.8 Å². The highest BCUT2D eigenvalue weighted by molar-refractivity contribution is 5.92. The van der Waals surface area contributed by atoms with Crippen molar-refractivity contribution in [1.29, 1.82) is 0 Å². The van der Waals surface area contributed by atoms with E-state index in [-0.39, 0.29) is 12.2 Å². The van der Waals surface area contributed by atoms with Crippen LogP contribution in [0.4, 0.5) is 0 Å². The zero-order chi connectivity index (χ0) is 15.4. The van der Waals surface area contributed by atoms with Gasteiger partial charge in [-0.15, -0.1) is 0 Å². The highest BCUT2D eigenvalue weighted by Crippen LogP contribution is 2.24. The molecule has 21 heavy (non-hydrogen) atoms. The summed E-state index contributed by atoms with van der Waals surface area (Å²) in [5.41, 5.74) is 7.28. The lowest BCUT2D eigenvalue weighted by atomic mass is 10.1. The molecule has 0 atom stereocenters. The molecule has 0 unspecified atom stereocenters. The molecule has 0 fully saturated rings. The largest absolute Gasteiger partial charge is 0.488 e. The molecule has 108 valence electrons. The Labute approximate surface area is 122 Å². The molecule has 3 N–H and O–H groups in total. The molecule has 0 heterocycles. The third kappa shape index (κ3) is 3.39. The molecule has 0 aliphatic heterocycles. The van der Waals surface area contributed by atoms with E-state index in [0.29, 0.717) is 11.3 Å². The Morgan fingerprint density at radius 1 is 1.14 bits per heavy atom. The SMILES string of the molecule is Cc1cccc(C(=O)O)c1OCc1ccc(C(N)=O)cc1. The van der Waals surface area contributed by atoms with Crippen LogP contribution in [0.2, 0.25) is 0 Å². The van der Waals surface area contributed by atoms with Gasteiger partial charge in [0.25, 0.3) is 0 Å². The first-order valence-corrected chi connectivity index (χ1v) is 6.33. The lowest BCUT2D eigenvalue weighted by Crippen LogP contribution is -2.10. The highest BCUT2D eigenvalue weighted by Gasteiger charge is 2.13. The van der Waals surface area contributed by atoms with Crippen molar-refractivity contribution in [2.24, 2.45) is 5.73 Å². The summed E-state index contributed by atoms with van der Waals surface area (Å²) in [6, 6.07) is 11.6. The number of aromatic carboxylic acids is 1. The summed E-state index contributed by atoms with van der Waals surface area (Å²) in [5.74, 6) is -1.17. The molecule has 0 aliphatic rings. The predicted molar refractivity (Wildman–Crippen MR) is 77.4 cm³/mol. The topological polar surface area (TPSA) is 89.6 Å². The maximum Gasteiger partial charge on any atom is 0.339 e. The Kier molecular flexibility index (Phi) is 4.23. The van der Waals surface area contributed by atoms with Crippen LogP contribution < -0.4 is 10.5 Å². The minimum atomic E-state index is -1.03. The van der Waals surface area contributed by atoms with E-state index >= 15 is 0 Å². The summed E-state index contributed by atoms with van der Waals surface area (Å²) in [6.07, 6.45) is 0. The number of carbonyl (C=O) groups excluding carboxylic acids is 1. The van der Waals surface area contributed by atoms with Crippen LogP contribution in [0.25, 0.3) is 0 Å². The number of para-hydroxylation sites is 1. The van der Waals surface area contributed by atoms with Crippen molar-refractivity contribution < 1.29 is 19.4 Å². The van der Waals surface area contributed by atoms with Crippen molar-refractivity contribution in [3.8, 4) is 5.75 Å². The normalized spacial score (nSPS) is 10.1. The molecule has 0 saturated heterocycles. The second-order valence-electron chi connectivity index (χ2n) is 4.61.